The summed E-state index contributed by atoms with van der Waals surface area (Å²) < 4.78 is 4.72. The van der Waals surface area contributed by atoms with Gasteiger partial charge in [-0.2, -0.15) is 0 Å². The van der Waals surface area contributed by atoms with Crippen molar-refractivity contribution in [3.8, 4) is 0 Å². The molecule has 0 unspecified atom stereocenters. The first-order valence-electron chi connectivity index (χ1n) is 6.25. The van der Waals surface area contributed by atoms with Gasteiger partial charge in [0.2, 0.25) is 5.91 Å². The molecule has 1 aliphatic heterocycles. The van der Waals surface area contributed by atoms with Crippen LogP contribution >= 0.6 is 0 Å². The summed E-state index contributed by atoms with van der Waals surface area (Å²) in [5, 5.41) is 9.60. The Hall–Kier alpha value is -1.10. The molecule has 98 valence electrons. The Kier molecular flexibility index (Phi) is 5.97. The van der Waals surface area contributed by atoms with Gasteiger partial charge in [-0.25, -0.2) is 0 Å². The molecule has 0 aliphatic carbocycles. The van der Waals surface area contributed by atoms with Gasteiger partial charge in [0.1, 0.15) is 0 Å². The number of rotatable bonds is 5. The van der Waals surface area contributed by atoms with E-state index >= 15 is 0 Å². The van der Waals surface area contributed by atoms with E-state index in [1.165, 1.54) is 0 Å². The van der Waals surface area contributed by atoms with Crippen LogP contribution in [0.25, 0.3) is 0 Å². The van der Waals surface area contributed by atoms with Crippen molar-refractivity contribution in [1.82, 2.24) is 4.90 Å². The van der Waals surface area contributed by atoms with Crippen LogP contribution in [0.2, 0.25) is 0 Å². The fourth-order valence-electron chi connectivity index (χ4n) is 1.96. The van der Waals surface area contributed by atoms with Crippen molar-refractivity contribution in [3.05, 3.63) is 0 Å². The number of aliphatic hydroxyl groups excluding tert-OH is 1. The summed E-state index contributed by atoms with van der Waals surface area (Å²) in [6.07, 6.45) is 2.20. The van der Waals surface area contributed by atoms with Gasteiger partial charge in [0.25, 0.3) is 0 Å². The van der Waals surface area contributed by atoms with Crippen molar-refractivity contribution in [2.24, 2.45) is 0 Å². The van der Waals surface area contributed by atoms with Crippen LogP contribution in [0, 0.1) is 0 Å². The summed E-state index contributed by atoms with van der Waals surface area (Å²) in [7, 11) is 0. The molecule has 1 N–H and O–H groups in total. The molecule has 0 aromatic carbocycles. The Morgan fingerprint density at radius 1 is 1.24 bits per heavy atom. The monoisotopic (exact) mass is 243 g/mol. The van der Waals surface area contributed by atoms with Gasteiger partial charge < -0.3 is 14.7 Å². The molecule has 5 heteroatoms. The summed E-state index contributed by atoms with van der Waals surface area (Å²) in [5.41, 5.74) is 0. The van der Waals surface area contributed by atoms with E-state index in [0.717, 1.165) is 32.4 Å². The number of hydrogen-bond acceptors (Lipinski definition) is 4. The number of carbonyl (C=O) groups is 2. The van der Waals surface area contributed by atoms with E-state index in [0.29, 0.717) is 6.61 Å². The Balaban J connectivity index is 2.26. The van der Waals surface area contributed by atoms with E-state index in [4.69, 9.17) is 4.74 Å². The van der Waals surface area contributed by atoms with Crippen molar-refractivity contribution in [2.75, 3.05) is 19.7 Å². The molecule has 1 fully saturated rings. The van der Waals surface area contributed by atoms with Gasteiger partial charge >= 0.3 is 5.97 Å². The first kappa shape index (κ1) is 14.0. The van der Waals surface area contributed by atoms with Crippen molar-refractivity contribution in [1.29, 1.82) is 0 Å². The second-order valence-corrected chi connectivity index (χ2v) is 4.31. The third-order valence-electron chi connectivity index (χ3n) is 2.83. The molecule has 1 amide bonds. The quantitative estimate of drug-likeness (QED) is 0.722. The number of esters is 1. The van der Waals surface area contributed by atoms with Crippen LogP contribution in [-0.2, 0) is 14.3 Å². The van der Waals surface area contributed by atoms with E-state index in [-0.39, 0.29) is 18.7 Å². The zero-order chi connectivity index (χ0) is 12.7. The van der Waals surface area contributed by atoms with Gasteiger partial charge in [0.15, 0.2) is 0 Å². The normalized spacial score (nSPS) is 17.6. The molecular formula is C12H21NO4. The second kappa shape index (κ2) is 7.27. The molecule has 0 bridgehead atoms. The molecule has 17 heavy (non-hydrogen) atoms. The lowest BCUT2D eigenvalue weighted by molar-refractivity contribution is -0.146. The van der Waals surface area contributed by atoms with Crippen molar-refractivity contribution < 1.29 is 19.4 Å². The number of likely N-dealkylation sites (tertiary alicyclic amines) is 1. The standard InChI is InChI=1S/C12H21NO4/c1-2-17-12(16)9-10(14)8-11(15)13-6-4-3-5-7-13/h10,14H,2-9H2,1H3/t10-/m1/s1. The number of nitrogens with zero attached hydrogens (tertiary/aromatic N) is 1. The number of hydrogen-bond donors (Lipinski definition) is 1. The summed E-state index contributed by atoms with van der Waals surface area (Å²) in [6.45, 7) is 3.55. The van der Waals surface area contributed by atoms with E-state index in [9.17, 15) is 14.7 Å². The predicted octanol–water partition coefficient (Wildman–Crippen LogP) is 0.703. The van der Waals surface area contributed by atoms with E-state index in [1.807, 2.05) is 0 Å². The Bertz CT molecular complexity index is 261. The molecule has 1 rings (SSSR count). The zero-order valence-electron chi connectivity index (χ0n) is 10.4. The minimum Gasteiger partial charge on any atom is -0.466 e. The number of ether oxygens (including phenoxy) is 1. The largest absolute Gasteiger partial charge is 0.466 e. The van der Waals surface area contributed by atoms with Gasteiger partial charge in [-0.1, -0.05) is 0 Å². The summed E-state index contributed by atoms with van der Waals surface area (Å²) in [4.78, 5) is 24.6. The first-order valence-corrected chi connectivity index (χ1v) is 6.25. The highest BCUT2D eigenvalue weighted by Gasteiger charge is 2.21. The zero-order valence-corrected chi connectivity index (χ0v) is 10.4. The second-order valence-electron chi connectivity index (χ2n) is 4.31. The first-order chi connectivity index (χ1) is 8.13. The molecule has 0 aromatic heterocycles. The number of piperidine rings is 1. The van der Waals surface area contributed by atoms with Crippen LogP contribution in [0.5, 0.6) is 0 Å². The Labute approximate surface area is 102 Å². The highest BCUT2D eigenvalue weighted by molar-refractivity contribution is 5.78. The van der Waals surface area contributed by atoms with Crippen LogP contribution in [0.3, 0.4) is 0 Å². The molecule has 0 radical (unpaired) electrons. The van der Waals surface area contributed by atoms with E-state index in [2.05, 4.69) is 0 Å². The third-order valence-corrected chi connectivity index (χ3v) is 2.83. The topological polar surface area (TPSA) is 66.8 Å². The van der Waals surface area contributed by atoms with Crippen LogP contribution in [-0.4, -0.2) is 47.7 Å². The highest BCUT2D eigenvalue weighted by Crippen LogP contribution is 2.11. The Morgan fingerprint density at radius 3 is 2.47 bits per heavy atom. The molecule has 0 spiro atoms. The SMILES string of the molecule is CCOC(=O)C[C@H](O)CC(=O)N1CCCCC1. The minimum atomic E-state index is -0.927. The van der Waals surface area contributed by atoms with Crippen molar-refractivity contribution >= 4 is 11.9 Å². The molecule has 5 nitrogen and oxygen atoms in total. The van der Waals surface area contributed by atoms with Crippen molar-refractivity contribution in [2.45, 2.75) is 45.1 Å². The minimum absolute atomic E-state index is 0.0127. The van der Waals surface area contributed by atoms with Crippen molar-refractivity contribution in [3.63, 3.8) is 0 Å². The lowest BCUT2D eigenvalue weighted by Gasteiger charge is -2.27. The number of aliphatic hydroxyl groups is 1. The third kappa shape index (κ3) is 5.17. The average Bonchev–Trinajstić information content (AvgIpc) is 2.30. The smallest absolute Gasteiger partial charge is 0.308 e. The lowest BCUT2D eigenvalue weighted by atomic mass is 10.1. The molecule has 1 aliphatic rings. The summed E-state index contributed by atoms with van der Waals surface area (Å²) >= 11 is 0. The average molecular weight is 243 g/mol. The molecule has 0 aromatic rings. The van der Waals surface area contributed by atoms with Crippen LogP contribution in [0.4, 0.5) is 0 Å². The van der Waals surface area contributed by atoms with E-state index in [1.54, 1.807) is 11.8 Å². The molecule has 1 heterocycles. The number of amides is 1. The van der Waals surface area contributed by atoms with Crippen LogP contribution < -0.4 is 0 Å². The van der Waals surface area contributed by atoms with Gasteiger partial charge in [0.05, 0.1) is 25.6 Å². The molecule has 1 saturated heterocycles. The van der Waals surface area contributed by atoms with Gasteiger partial charge in [-0.3, -0.25) is 9.59 Å². The maximum absolute atomic E-state index is 11.8. The van der Waals surface area contributed by atoms with Gasteiger partial charge in [-0.15, -0.1) is 0 Å². The van der Waals surface area contributed by atoms with E-state index < -0.39 is 12.1 Å². The fraction of sp³-hybridized carbons (Fsp3) is 0.833. The maximum Gasteiger partial charge on any atom is 0.308 e. The summed E-state index contributed by atoms with van der Waals surface area (Å²) in [6, 6.07) is 0. The van der Waals surface area contributed by atoms with Crippen LogP contribution in [0.1, 0.15) is 39.0 Å². The molecular weight excluding hydrogens is 222 g/mol. The fourth-order valence-corrected chi connectivity index (χ4v) is 1.96. The van der Waals surface area contributed by atoms with Gasteiger partial charge in [0, 0.05) is 13.1 Å². The highest BCUT2D eigenvalue weighted by atomic mass is 16.5. The van der Waals surface area contributed by atoms with Crippen LogP contribution in [0.15, 0.2) is 0 Å². The molecule has 0 saturated carbocycles. The Morgan fingerprint density at radius 2 is 1.88 bits per heavy atom. The molecule has 1 atom stereocenters. The predicted molar refractivity (Wildman–Crippen MR) is 62.3 cm³/mol. The number of carbonyl (C=O) groups excluding carboxylic acids is 2. The summed E-state index contributed by atoms with van der Waals surface area (Å²) in [5.74, 6) is -0.520. The maximum atomic E-state index is 11.8. The lowest BCUT2D eigenvalue weighted by Crippen LogP contribution is -2.37. The van der Waals surface area contributed by atoms with Gasteiger partial charge in [-0.05, 0) is 26.2 Å².